The number of carbonyl (C=O) groups excluding carboxylic acids is 1. The molecule has 162 valence electrons. The summed E-state index contributed by atoms with van der Waals surface area (Å²) in [6.07, 6.45) is 3.33. The fraction of sp³-hybridized carbons (Fsp3) is 0.435. The first-order chi connectivity index (χ1) is 14.2. The van der Waals surface area contributed by atoms with Crippen molar-refractivity contribution in [3.63, 3.8) is 0 Å². The fourth-order valence-corrected chi connectivity index (χ4v) is 4.72. The lowest BCUT2D eigenvalue weighted by Gasteiger charge is -2.31. The van der Waals surface area contributed by atoms with E-state index in [-0.39, 0.29) is 10.8 Å². The number of piperidine rings is 1. The van der Waals surface area contributed by atoms with Gasteiger partial charge in [0.2, 0.25) is 10.0 Å². The van der Waals surface area contributed by atoms with Gasteiger partial charge >= 0.3 is 0 Å². The number of rotatable bonds is 6. The van der Waals surface area contributed by atoms with Crippen LogP contribution in [0.5, 0.6) is 0 Å². The summed E-state index contributed by atoms with van der Waals surface area (Å²) in [5, 5.41) is 0. The Hall–Kier alpha value is -2.38. The van der Waals surface area contributed by atoms with Crippen LogP contribution in [-0.2, 0) is 16.6 Å². The third kappa shape index (κ3) is 4.68. The predicted octanol–water partition coefficient (Wildman–Crippen LogP) is 3.51. The van der Waals surface area contributed by atoms with Crippen molar-refractivity contribution < 1.29 is 13.2 Å². The second kappa shape index (κ2) is 9.18. The number of carbonyl (C=O) groups is 1. The van der Waals surface area contributed by atoms with Gasteiger partial charge in [-0.15, -0.1) is 0 Å². The summed E-state index contributed by atoms with van der Waals surface area (Å²) in [5.74, 6) is -0.172. The average molecular weight is 430 g/mol. The van der Waals surface area contributed by atoms with Crippen LogP contribution in [0.4, 0.5) is 5.69 Å². The highest BCUT2D eigenvalue weighted by molar-refractivity contribution is 7.89. The van der Waals surface area contributed by atoms with Crippen LogP contribution in [0.2, 0.25) is 0 Å². The number of hydrogen-bond donors (Lipinski definition) is 0. The summed E-state index contributed by atoms with van der Waals surface area (Å²) in [5.41, 5.74) is 3.45. The van der Waals surface area contributed by atoms with Crippen molar-refractivity contribution in [3.8, 4) is 0 Å². The van der Waals surface area contributed by atoms with Gasteiger partial charge in [-0.25, -0.2) is 12.7 Å². The Kier molecular flexibility index (Phi) is 6.83. The molecule has 3 rings (SSSR count). The lowest BCUT2D eigenvalue weighted by molar-refractivity contribution is 0.0785. The molecule has 1 aliphatic heterocycles. The van der Waals surface area contributed by atoms with E-state index in [1.54, 1.807) is 24.1 Å². The van der Waals surface area contributed by atoms with Gasteiger partial charge in [-0.05, 0) is 55.5 Å². The summed E-state index contributed by atoms with van der Waals surface area (Å²) in [6.45, 7) is 4.25. The van der Waals surface area contributed by atoms with Crippen LogP contribution in [0.25, 0.3) is 0 Å². The van der Waals surface area contributed by atoms with Gasteiger partial charge in [0, 0.05) is 46.5 Å². The van der Waals surface area contributed by atoms with Gasteiger partial charge < -0.3 is 9.80 Å². The van der Waals surface area contributed by atoms with Crippen LogP contribution < -0.4 is 4.90 Å². The SMILES string of the molecule is Cc1ccccc1CN(C)C(=O)c1cc(S(=O)(=O)N(C)C)ccc1N1CCCCC1. The minimum absolute atomic E-state index is 0.140. The van der Waals surface area contributed by atoms with Gasteiger partial charge in [-0.2, -0.15) is 0 Å². The minimum Gasteiger partial charge on any atom is -0.371 e. The summed E-state index contributed by atoms with van der Waals surface area (Å²) >= 11 is 0. The van der Waals surface area contributed by atoms with Crippen LogP contribution in [0.1, 0.15) is 40.7 Å². The zero-order valence-electron chi connectivity index (χ0n) is 18.3. The molecule has 30 heavy (non-hydrogen) atoms. The van der Waals surface area contributed by atoms with Crippen LogP contribution in [0, 0.1) is 6.92 Å². The molecule has 2 aromatic carbocycles. The quantitative estimate of drug-likeness (QED) is 0.705. The Labute approximate surface area is 180 Å². The molecule has 6 nitrogen and oxygen atoms in total. The maximum absolute atomic E-state index is 13.5. The molecule has 1 aliphatic rings. The molecule has 0 N–H and O–H groups in total. The zero-order chi connectivity index (χ0) is 21.9. The molecule has 0 aliphatic carbocycles. The second-order valence-corrected chi connectivity index (χ2v) is 10.3. The Bertz CT molecular complexity index is 1010. The van der Waals surface area contributed by atoms with Crippen LogP contribution >= 0.6 is 0 Å². The number of anilines is 1. The summed E-state index contributed by atoms with van der Waals surface area (Å²) in [7, 11) is 1.14. The lowest BCUT2D eigenvalue weighted by atomic mass is 10.1. The number of amides is 1. The van der Waals surface area contributed by atoms with Crippen LogP contribution in [-0.4, -0.2) is 57.8 Å². The molecule has 0 aromatic heterocycles. The van der Waals surface area contributed by atoms with E-state index in [4.69, 9.17) is 0 Å². The molecule has 0 spiro atoms. The third-order valence-electron chi connectivity index (χ3n) is 5.69. The van der Waals surface area contributed by atoms with Crippen molar-refractivity contribution in [3.05, 3.63) is 59.2 Å². The van der Waals surface area contributed by atoms with Gasteiger partial charge in [0.1, 0.15) is 0 Å². The van der Waals surface area contributed by atoms with E-state index in [1.165, 1.54) is 30.9 Å². The van der Waals surface area contributed by atoms with Crippen LogP contribution in [0.3, 0.4) is 0 Å². The fourth-order valence-electron chi connectivity index (χ4n) is 3.79. The molecule has 1 saturated heterocycles. The Morgan fingerprint density at radius 3 is 2.30 bits per heavy atom. The summed E-state index contributed by atoms with van der Waals surface area (Å²) in [4.78, 5) is 17.5. The van der Waals surface area contributed by atoms with E-state index in [0.29, 0.717) is 12.1 Å². The van der Waals surface area contributed by atoms with E-state index < -0.39 is 10.0 Å². The van der Waals surface area contributed by atoms with Crippen molar-refractivity contribution in [1.29, 1.82) is 0 Å². The predicted molar refractivity (Wildman–Crippen MR) is 120 cm³/mol. The van der Waals surface area contributed by atoms with E-state index in [0.717, 1.165) is 42.7 Å². The topological polar surface area (TPSA) is 60.9 Å². The highest BCUT2D eigenvalue weighted by atomic mass is 32.2. The van der Waals surface area contributed by atoms with Crippen molar-refractivity contribution in [2.45, 2.75) is 37.6 Å². The highest BCUT2D eigenvalue weighted by Crippen LogP contribution is 2.29. The van der Waals surface area contributed by atoms with E-state index in [9.17, 15) is 13.2 Å². The molecule has 2 aromatic rings. The molecule has 0 radical (unpaired) electrons. The first-order valence-electron chi connectivity index (χ1n) is 10.3. The smallest absolute Gasteiger partial charge is 0.256 e. The van der Waals surface area contributed by atoms with Crippen molar-refractivity contribution in [2.75, 3.05) is 39.1 Å². The molecular formula is C23H31N3O3S. The first kappa shape index (κ1) is 22.3. The zero-order valence-corrected chi connectivity index (χ0v) is 19.1. The maximum Gasteiger partial charge on any atom is 0.256 e. The van der Waals surface area contributed by atoms with Gasteiger partial charge in [-0.3, -0.25) is 4.79 Å². The average Bonchev–Trinajstić information content (AvgIpc) is 2.74. The molecule has 1 fully saturated rings. The standard InChI is InChI=1S/C23H31N3O3S/c1-18-10-6-7-11-19(18)17-25(4)23(27)21-16-20(30(28,29)24(2)3)12-13-22(21)26-14-8-5-9-15-26/h6-7,10-13,16H,5,8-9,14-15,17H2,1-4H3. The molecule has 1 heterocycles. The lowest BCUT2D eigenvalue weighted by Crippen LogP contribution is -2.34. The molecule has 7 heteroatoms. The molecule has 0 unspecified atom stereocenters. The Morgan fingerprint density at radius 1 is 1.00 bits per heavy atom. The number of aryl methyl sites for hydroxylation is 1. The monoisotopic (exact) mass is 429 g/mol. The number of nitrogens with zero attached hydrogens (tertiary/aromatic N) is 3. The highest BCUT2D eigenvalue weighted by Gasteiger charge is 2.25. The number of hydrogen-bond acceptors (Lipinski definition) is 4. The van der Waals surface area contributed by atoms with E-state index in [1.807, 2.05) is 31.2 Å². The third-order valence-corrected chi connectivity index (χ3v) is 7.50. The number of sulfonamides is 1. The van der Waals surface area contributed by atoms with Gasteiger partial charge in [0.05, 0.1) is 10.5 Å². The van der Waals surface area contributed by atoms with Crippen LogP contribution in [0.15, 0.2) is 47.4 Å². The maximum atomic E-state index is 13.5. The summed E-state index contributed by atoms with van der Waals surface area (Å²) < 4.78 is 26.5. The second-order valence-electron chi connectivity index (χ2n) is 8.10. The Morgan fingerprint density at radius 2 is 1.67 bits per heavy atom. The molecular weight excluding hydrogens is 398 g/mol. The molecule has 0 atom stereocenters. The van der Waals surface area contributed by atoms with E-state index >= 15 is 0 Å². The van der Waals surface area contributed by atoms with Gasteiger partial charge in [0.25, 0.3) is 5.91 Å². The number of benzene rings is 2. The minimum atomic E-state index is -3.63. The molecule has 0 saturated carbocycles. The summed E-state index contributed by atoms with van der Waals surface area (Å²) in [6, 6.07) is 12.9. The van der Waals surface area contributed by atoms with Gasteiger partial charge in [0.15, 0.2) is 0 Å². The normalized spacial score (nSPS) is 14.8. The van der Waals surface area contributed by atoms with Crippen molar-refractivity contribution in [1.82, 2.24) is 9.21 Å². The largest absolute Gasteiger partial charge is 0.371 e. The van der Waals surface area contributed by atoms with E-state index in [2.05, 4.69) is 4.90 Å². The van der Waals surface area contributed by atoms with Crippen molar-refractivity contribution in [2.24, 2.45) is 0 Å². The molecule has 1 amide bonds. The first-order valence-corrected chi connectivity index (χ1v) is 11.8. The van der Waals surface area contributed by atoms with Crippen molar-refractivity contribution >= 4 is 21.6 Å². The Balaban J connectivity index is 2.00. The molecule has 0 bridgehead atoms. The van der Waals surface area contributed by atoms with Gasteiger partial charge in [-0.1, -0.05) is 24.3 Å².